The van der Waals surface area contributed by atoms with Gasteiger partial charge < -0.3 is 14.9 Å². The number of likely N-dealkylation sites (tertiary alicyclic amines) is 1. The van der Waals surface area contributed by atoms with Gasteiger partial charge in [-0.2, -0.15) is 0 Å². The molecule has 0 aliphatic carbocycles. The highest BCUT2D eigenvalue weighted by Gasteiger charge is 2.29. The Morgan fingerprint density at radius 1 is 1.38 bits per heavy atom. The Morgan fingerprint density at radius 2 is 2.15 bits per heavy atom. The number of nitrogens with zero attached hydrogens (tertiary/aromatic N) is 2. The molecule has 7 heteroatoms. The average Bonchev–Trinajstić information content (AvgIpc) is 2.95. The summed E-state index contributed by atoms with van der Waals surface area (Å²) in [6.45, 7) is 5.89. The first-order valence-corrected chi connectivity index (χ1v) is 9.81. The standard InChI is InChI=1S/C19H25N3O3S/c1-13-16(14(2)25-21-13)10-22-9-8-17(18(23)11-22)20-19(24)12-26-15-6-4-3-5-7-15/h3-7,17-18,23H,8-12H2,1-2H3,(H,20,24)/t17-,18-/m1/s1. The van der Waals surface area contributed by atoms with Gasteiger partial charge in [0.1, 0.15) is 5.76 Å². The lowest BCUT2D eigenvalue weighted by Crippen LogP contribution is -2.54. The highest BCUT2D eigenvalue weighted by molar-refractivity contribution is 8.00. The van der Waals surface area contributed by atoms with Crippen LogP contribution in [-0.4, -0.2) is 52.1 Å². The van der Waals surface area contributed by atoms with Gasteiger partial charge in [-0.15, -0.1) is 11.8 Å². The van der Waals surface area contributed by atoms with Crippen LogP contribution in [0.4, 0.5) is 0 Å². The Kier molecular flexibility index (Phi) is 6.34. The van der Waals surface area contributed by atoms with Crippen molar-refractivity contribution in [1.29, 1.82) is 0 Å². The van der Waals surface area contributed by atoms with E-state index in [9.17, 15) is 9.90 Å². The van der Waals surface area contributed by atoms with Crippen LogP contribution in [0.5, 0.6) is 0 Å². The number of nitrogens with one attached hydrogen (secondary N) is 1. The van der Waals surface area contributed by atoms with Crippen molar-refractivity contribution in [2.45, 2.75) is 43.9 Å². The Balaban J connectivity index is 1.45. The molecule has 1 aromatic carbocycles. The third kappa shape index (κ3) is 4.87. The fourth-order valence-electron chi connectivity index (χ4n) is 3.17. The summed E-state index contributed by atoms with van der Waals surface area (Å²) in [6, 6.07) is 9.65. The molecule has 0 radical (unpaired) electrons. The van der Waals surface area contributed by atoms with Crippen molar-refractivity contribution in [2.24, 2.45) is 0 Å². The van der Waals surface area contributed by atoms with Gasteiger partial charge in [0.25, 0.3) is 0 Å². The number of hydrogen-bond acceptors (Lipinski definition) is 6. The van der Waals surface area contributed by atoms with Gasteiger partial charge in [0, 0.05) is 30.1 Å². The number of piperidine rings is 1. The summed E-state index contributed by atoms with van der Waals surface area (Å²) in [4.78, 5) is 15.4. The minimum absolute atomic E-state index is 0.0397. The highest BCUT2D eigenvalue weighted by atomic mass is 32.2. The minimum Gasteiger partial charge on any atom is -0.390 e. The molecule has 3 rings (SSSR count). The zero-order valence-corrected chi connectivity index (χ0v) is 16.0. The van der Waals surface area contributed by atoms with Crippen molar-refractivity contribution < 1.29 is 14.4 Å². The van der Waals surface area contributed by atoms with E-state index in [1.807, 2.05) is 44.2 Å². The van der Waals surface area contributed by atoms with Gasteiger partial charge in [-0.25, -0.2) is 0 Å². The molecule has 0 saturated carbocycles. The van der Waals surface area contributed by atoms with E-state index in [1.165, 1.54) is 11.8 Å². The summed E-state index contributed by atoms with van der Waals surface area (Å²) in [5, 5.41) is 17.4. The molecular weight excluding hydrogens is 350 g/mol. The summed E-state index contributed by atoms with van der Waals surface area (Å²) in [6.07, 6.45) is 0.154. The molecule has 1 aliphatic rings. The fraction of sp³-hybridized carbons (Fsp3) is 0.474. The summed E-state index contributed by atoms with van der Waals surface area (Å²) in [5.74, 6) is 1.14. The van der Waals surface area contributed by atoms with E-state index in [-0.39, 0.29) is 11.9 Å². The van der Waals surface area contributed by atoms with Crippen molar-refractivity contribution in [1.82, 2.24) is 15.4 Å². The molecule has 0 bridgehead atoms. The van der Waals surface area contributed by atoms with Crippen LogP contribution in [0.3, 0.4) is 0 Å². The number of hydrogen-bond donors (Lipinski definition) is 2. The van der Waals surface area contributed by atoms with E-state index < -0.39 is 6.10 Å². The van der Waals surface area contributed by atoms with Gasteiger partial charge in [-0.3, -0.25) is 9.69 Å². The van der Waals surface area contributed by atoms with Crippen molar-refractivity contribution in [2.75, 3.05) is 18.8 Å². The maximum atomic E-state index is 12.2. The number of benzene rings is 1. The molecule has 1 saturated heterocycles. The number of carbonyl (C=O) groups excluding carboxylic acids is 1. The first-order valence-electron chi connectivity index (χ1n) is 8.82. The summed E-state index contributed by atoms with van der Waals surface area (Å²) >= 11 is 1.50. The van der Waals surface area contributed by atoms with Crippen LogP contribution in [0, 0.1) is 13.8 Å². The Bertz CT molecular complexity index is 715. The van der Waals surface area contributed by atoms with Gasteiger partial charge >= 0.3 is 0 Å². The zero-order chi connectivity index (χ0) is 18.5. The van der Waals surface area contributed by atoms with E-state index in [1.54, 1.807) is 0 Å². The molecule has 1 amide bonds. The molecule has 1 aromatic heterocycles. The lowest BCUT2D eigenvalue weighted by Gasteiger charge is -2.36. The van der Waals surface area contributed by atoms with Gasteiger partial charge in [0.2, 0.25) is 5.91 Å². The van der Waals surface area contributed by atoms with Gasteiger partial charge in [-0.05, 0) is 32.4 Å². The maximum Gasteiger partial charge on any atom is 0.230 e. The third-order valence-electron chi connectivity index (χ3n) is 4.69. The van der Waals surface area contributed by atoms with Crippen LogP contribution in [0.1, 0.15) is 23.4 Å². The van der Waals surface area contributed by atoms with Crippen molar-refractivity contribution in [3.63, 3.8) is 0 Å². The molecule has 140 valence electrons. The monoisotopic (exact) mass is 375 g/mol. The average molecular weight is 375 g/mol. The smallest absolute Gasteiger partial charge is 0.230 e. The van der Waals surface area contributed by atoms with Crippen LogP contribution < -0.4 is 5.32 Å². The Labute approximate surface area is 157 Å². The number of aromatic nitrogens is 1. The fourth-order valence-corrected chi connectivity index (χ4v) is 3.91. The van der Waals surface area contributed by atoms with Gasteiger partial charge in [0.15, 0.2) is 0 Å². The summed E-state index contributed by atoms with van der Waals surface area (Å²) in [5.41, 5.74) is 1.98. The molecule has 2 N–H and O–H groups in total. The van der Waals surface area contributed by atoms with E-state index >= 15 is 0 Å². The largest absolute Gasteiger partial charge is 0.390 e. The van der Waals surface area contributed by atoms with Crippen LogP contribution >= 0.6 is 11.8 Å². The molecule has 1 fully saturated rings. The molecule has 0 unspecified atom stereocenters. The Hall–Kier alpha value is -1.83. The van der Waals surface area contributed by atoms with Crippen molar-refractivity contribution >= 4 is 17.7 Å². The number of rotatable bonds is 6. The van der Waals surface area contributed by atoms with Gasteiger partial charge in [-0.1, -0.05) is 23.4 Å². The van der Waals surface area contributed by atoms with E-state index in [0.717, 1.165) is 34.9 Å². The summed E-state index contributed by atoms with van der Waals surface area (Å²) < 4.78 is 5.20. The topological polar surface area (TPSA) is 78.6 Å². The molecule has 26 heavy (non-hydrogen) atoms. The van der Waals surface area contributed by atoms with Crippen LogP contribution in [0.15, 0.2) is 39.8 Å². The number of carbonyl (C=O) groups is 1. The number of amides is 1. The quantitative estimate of drug-likeness (QED) is 0.753. The van der Waals surface area contributed by atoms with Gasteiger partial charge in [0.05, 0.1) is 23.6 Å². The molecule has 0 spiro atoms. The van der Waals surface area contributed by atoms with Crippen LogP contribution in [0.2, 0.25) is 0 Å². The van der Waals surface area contributed by atoms with Crippen LogP contribution in [-0.2, 0) is 11.3 Å². The first kappa shape index (κ1) is 18.9. The van der Waals surface area contributed by atoms with E-state index in [2.05, 4.69) is 15.4 Å². The van der Waals surface area contributed by atoms with Crippen molar-refractivity contribution in [3.05, 3.63) is 47.3 Å². The third-order valence-corrected chi connectivity index (χ3v) is 5.70. The number of aryl methyl sites for hydroxylation is 2. The lowest BCUT2D eigenvalue weighted by molar-refractivity contribution is -0.120. The molecule has 1 aliphatic heterocycles. The normalized spacial score (nSPS) is 20.9. The second-order valence-electron chi connectivity index (χ2n) is 6.67. The summed E-state index contributed by atoms with van der Waals surface area (Å²) in [7, 11) is 0. The predicted molar refractivity (Wildman–Crippen MR) is 101 cm³/mol. The number of thioether (sulfide) groups is 1. The zero-order valence-electron chi connectivity index (χ0n) is 15.1. The first-order chi connectivity index (χ1) is 12.5. The number of aliphatic hydroxyl groups excluding tert-OH is 1. The number of β-amino-alcohol motifs (C(OH)–C–C–N with tert-alkyl or cyclic N) is 1. The van der Waals surface area contributed by atoms with E-state index in [4.69, 9.17) is 4.52 Å². The SMILES string of the molecule is Cc1noc(C)c1CN1CC[C@@H](NC(=O)CSc2ccccc2)[C@H](O)C1. The Morgan fingerprint density at radius 3 is 2.81 bits per heavy atom. The van der Waals surface area contributed by atoms with Crippen LogP contribution in [0.25, 0.3) is 0 Å². The molecule has 2 aromatic rings. The van der Waals surface area contributed by atoms with E-state index in [0.29, 0.717) is 18.8 Å². The molecule has 6 nitrogen and oxygen atoms in total. The van der Waals surface area contributed by atoms with Crippen molar-refractivity contribution in [3.8, 4) is 0 Å². The second-order valence-corrected chi connectivity index (χ2v) is 7.72. The maximum absolute atomic E-state index is 12.2. The lowest BCUT2D eigenvalue weighted by atomic mass is 10.0. The molecule has 2 atom stereocenters. The highest BCUT2D eigenvalue weighted by Crippen LogP contribution is 2.20. The molecule has 2 heterocycles. The molecular formula is C19H25N3O3S. The predicted octanol–water partition coefficient (Wildman–Crippen LogP) is 2.14. The minimum atomic E-state index is -0.574. The number of aliphatic hydroxyl groups is 1. The second kappa shape index (κ2) is 8.70.